The zero-order valence-electron chi connectivity index (χ0n) is 63.3. The molecular weight excluding hydrogens is 1370 g/mol. The average molecular weight is 1480 g/mol. The van der Waals surface area contributed by atoms with Gasteiger partial charge in [-0.3, -0.25) is 57.5 Å². The van der Waals surface area contributed by atoms with E-state index >= 15 is 24.0 Å². The molecule has 3 N–H and O–H groups in total. The second-order valence-electron chi connectivity index (χ2n) is 30.6. The van der Waals surface area contributed by atoms with E-state index in [-0.39, 0.29) is 75.3 Å². The number of halogens is 4. The topological polar surface area (TPSA) is 270 Å². The first-order valence-corrected chi connectivity index (χ1v) is 37.5. The van der Waals surface area contributed by atoms with E-state index in [0.29, 0.717) is 37.7 Å². The largest absolute Gasteiger partial charge is 0.417 e. The zero-order valence-corrected chi connectivity index (χ0v) is 64.1. The Bertz CT molecular complexity index is 3420. The molecule has 5 aliphatic rings. The van der Waals surface area contributed by atoms with Crippen LogP contribution in [0.15, 0.2) is 48.5 Å². The molecule has 0 bridgehead atoms. The van der Waals surface area contributed by atoms with Crippen molar-refractivity contribution in [3.05, 3.63) is 70.2 Å². The molecule has 2 saturated heterocycles. The molecular formula is C76H112ClF3N12O12. The van der Waals surface area contributed by atoms with E-state index in [9.17, 15) is 46.7 Å². The van der Waals surface area contributed by atoms with Crippen molar-refractivity contribution in [1.29, 1.82) is 0 Å². The molecule has 7 rings (SSSR count). The number of carbonyl (C=O) groups excluding carboxylic acids is 12. The first-order chi connectivity index (χ1) is 48.9. The van der Waals surface area contributed by atoms with Gasteiger partial charge in [0.15, 0.2) is 0 Å². The standard InChI is InChI=1S/C76H112ClF3N12O12/c1-15-47(4)63-72(102)86(9)48(5)67(97)92-39-36-56(92)71(101)89(12)59(43-50-28-20-17-21-29-50)70(100)85(8)45-61(93)81-55(35-33-51-32-34-53(54(77)41-51)76(78,79)80)68(98)88(11)58(42-49-26-18-16-19-27-49)66(96)83-75(37-24-25-38-75)74(104)91(14)64(52-30-22-23-31-52)73(103)90(13)60(69(99)84(6)7)44-62(94)87(10)57(40-46(2)3)65(95)82-63/h16,18-19,26-27,32,34,41,46-48,50,52,55-60,63-64H,15,17,20-25,28-31,33,35-40,42-45H2,1-14H3,(H,81,93)(H,82,95)(H,83,96)/t47-,48-,55-,56-,57-,58-,59-,60-,63-,64-/m0/s1. The maximum Gasteiger partial charge on any atom is 0.417 e. The Hall–Kier alpha value is -7.84. The maximum atomic E-state index is 15.8. The van der Waals surface area contributed by atoms with E-state index in [2.05, 4.69) is 16.0 Å². The number of amides is 12. The lowest BCUT2D eigenvalue weighted by molar-refractivity contribution is -0.160. The van der Waals surface area contributed by atoms with Crippen LogP contribution in [0.25, 0.3) is 0 Å². The molecule has 3 saturated carbocycles. The second kappa shape index (κ2) is 36.4. The van der Waals surface area contributed by atoms with Crippen molar-refractivity contribution in [1.82, 2.24) is 60.0 Å². The number of likely N-dealkylation sites (N-methyl/N-ethyl adjacent to an activating group) is 8. The van der Waals surface area contributed by atoms with Crippen LogP contribution < -0.4 is 16.0 Å². The van der Waals surface area contributed by atoms with Crippen LogP contribution >= 0.6 is 11.6 Å². The average Bonchev–Trinajstić information content (AvgIpc) is 1.07. The van der Waals surface area contributed by atoms with Gasteiger partial charge >= 0.3 is 6.18 Å². The van der Waals surface area contributed by atoms with E-state index in [4.69, 9.17) is 11.6 Å². The molecule has 1 spiro atoms. The fourth-order valence-electron chi connectivity index (χ4n) is 15.7. The van der Waals surface area contributed by atoms with E-state index in [1.54, 1.807) is 37.3 Å². The molecule has 0 aromatic heterocycles. The van der Waals surface area contributed by atoms with Gasteiger partial charge in [0.1, 0.15) is 59.9 Å². The first kappa shape index (κ1) is 83.4. The van der Waals surface area contributed by atoms with Crippen LogP contribution in [0, 0.1) is 23.7 Å². The first-order valence-electron chi connectivity index (χ1n) is 37.1. The Kier molecular flexibility index (Phi) is 29.2. The minimum Gasteiger partial charge on any atom is -0.347 e. The predicted octanol–water partition coefficient (Wildman–Crippen LogP) is 6.72. The monoisotopic (exact) mass is 1480 g/mol. The summed E-state index contributed by atoms with van der Waals surface area (Å²) in [6.45, 7) is 8.33. The van der Waals surface area contributed by atoms with Crippen LogP contribution in [-0.4, -0.2) is 251 Å². The predicted molar refractivity (Wildman–Crippen MR) is 386 cm³/mol. The summed E-state index contributed by atoms with van der Waals surface area (Å²) in [5, 5.41) is 8.19. The quantitative estimate of drug-likeness (QED) is 0.189. The highest BCUT2D eigenvalue weighted by atomic mass is 35.5. The number of nitrogens with one attached hydrogen (secondary N) is 3. The number of aryl methyl sites for hydroxylation is 1. The highest BCUT2D eigenvalue weighted by molar-refractivity contribution is 6.31. The minimum atomic E-state index is -4.78. The summed E-state index contributed by atoms with van der Waals surface area (Å²) in [5.41, 5.74) is -1.86. The van der Waals surface area contributed by atoms with Gasteiger partial charge in [0.2, 0.25) is 70.9 Å². The number of alkyl halides is 3. The maximum absolute atomic E-state index is 15.8. The van der Waals surface area contributed by atoms with Crippen LogP contribution in [-0.2, 0) is 76.6 Å². The van der Waals surface area contributed by atoms with Crippen molar-refractivity contribution in [2.45, 2.75) is 236 Å². The van der Waals surface area contributed by atoms with E-state index in [1.165, 1.54) is 111 Å². The molecule has 0 radical (unpaired) electrons. The second-order valence-corrected chi connectivity index (χ2v) is 31.0. The number of fused-ring (bicyclic) bond motifs is 1. The molecule has 2 aliphatic heterocycles. The molecule has 10 atom stereocenters. The smallest absolute Gasteiger partial charge is 0.347 e. The summed E-state index contributed by atoms with van der Waals surface area (Å²) in [4.78, 5) is 193. The van der Waals surface area contributed by atoms with Gasteiger partial charge in [-0.05, 0) is 112 Å². The fourth-order valence-corrected chi connectivity index (χ4v) is 16.0. The molecule has 12 amide bonds. The van der Waals surface area contributed by atoms with Crippen molar-refractivity contribution in [3.8, 4) is 0 Å². The highest BCUT2D eigenvalue weighted by Gasteiger charge is 2.52. The number of hydrogen-bond acceptors (Lipinski definition) is 12. The number of carbonyl (C=O) groups is 12. The zero-order chi connectivity index (χ0) is 77.0. The summed E-state index contributed by atoms with van der Waals surface area (Å²) in [6, 6.07) is 0.493. The fraction of sp³-hybridized carbons (Fsp3) is 0.684. The summed E-state index contributed by atoms with van der Waals surface area (Å²) in [5.74, 6) is -9.17. The van der Waals surface area contributed by atoms with Gasteiger partial charge in [0.25, 0.3) is 0 Å². The molecule has 2 aromatic carbocycles. The van der Waals surface area contributed by atoms with Gasteiger partial charge in [-0.25, -0.2) is 0 Å². The Balaban J connectivity index is 1.33. The third-order valence-corrected chi connectivity index (χ3v) is 23.0. The third-order valence-electron chi connectivity index (χ3n) is 22.7. The van der Waals surface area contributed by atoms with E-state index in [0.717, 1.165) is 66.9 Å². The molecule has 3 aliphatic carbocycles. The van der Waals surface area contributed by atoms with E-state index < -0.39 is 172 Å². The lowest BCUT2D eigenvalue weighted by Crippen LogP contribution is -2.65. The van der Waals surface area contributed by atoms with Crippen LogP contribution in [0.2, 0.25) is 5.02 Å². The van der Waals surface area contributed by atoms with Gasteiger partial charge in [0.05, 0.1) is 23.6 Å². The van der Waals surface area contributed by atoms with Crippen molar-refractivity contribution in [3.63, 3.8) is 0 Å². The Morgan fingerprint density at radius 3 is 1.84 bits per heavy atom. The summed E-state index contributed by atoms with van der Waals surface area (Å²) >= 11 is 6.20. The number of nitrogens with zero attached hydrogens (tertiary/aromatic N) is 9. The minimum absolute atomic E-state index is 0.00586. The summed E-state index contributed by atoms with van der Waals surface area (Å²) in [7, 11) is 12.9. The Morgan fingerprint density at radius 1 is 0.654 bits per heavy atom. The van der Waals surface area contributed by atoms with Crippen LogP contribution in [0.1, 0.15) is 173 Å². The summed E-state index contributed by atoms with van der Waals surface area (Å²) in [6.07, 6.45) is 3.05. The van der Waals surface area contributed by atoms with Crippen LogP contribution in [0.5, 0.6) is 0 Å². The lowest BCUT2D eigenvalue weighted by Gasteiger charge is -2.45. The molecule has 5 fully saturated rings. The number of hydrogen-bond donors (Lipinski definition) is 3. The molecule has 104 heavy (non-hydrogen) atoms. The van der Waals surface area contributed by atoms with Crippen molar-refractivity contribution >= 4 is 82.5 Å². The Labute approximate surface area is 616 Å². The molecule has 24 nitrogen and oxygen atoms in total. The molecule has 2 aromatic rings. The molecule has 0 unspecified atom stereocenters. The normalized spacial score (nSPS) is 26.6. The van der Waals surface area contributed by atoms with Gasteiger partial charge in [-0.2, -0.15) is 13.2 Å². The van der Waals surface area contributed by atoms with Gasteiger partial charge in [0, 0.05) is 76.4 Å². The van der Waals surface area contributed by atoms with Crippen LogP contribution in [0.4, 0.5) is 13.2 Å². The van der Waals surface area contributed by atoms with Crippen molar-refractivity contribution < 1.29 is 70.7 Å². The number of benzene rings is 2. The van der Waals surface area contributed by atoms with Crippen molar-refractivity contribution in [2.24, 2.45) is 23.7 Å². The Morgan fingerprint density at radius 2 is 1.27 bits per heavy atom. The van der Waals surface area contributed by atoms with Gasteiger partial charge < -0.3 is 60.0 Å². The molecule has 2 heterocycles. The molecule has 28 heteroatoms. The summed E-state index contributed by atoms with van der Waals surface area (Å²) < 4.78 is 42.0. The number of rotatable bonds is 13. The highest BCUT2D eigenvalue weighted by Crippen LogP contribution is 2.39. The van der Waals surface area contributed by atoms with Crippen LogP contribution in [0.3, 0.4) is 0 Å². The molecule has 576 valence electrons. The van der Waals surface area contributed by atoms with Gasteiger partial charge in [-0.1, -0.05) is 140 Å². The lowest BCUT2D eigenvalue weighted by atomic mass is 9.84. The third kappa shape index (κ3) is 20.0. The van der Waals surface area contributed by atoms with Crippen molar-refractivity contribution in [2.75, 3.05) is 76.5 Å². The van der Waals surface area contributed by atoms with E-state index in [1.807, 2.05) is 20.8 Å². The van der Waals surface area contributed by atoms with Gasteiger partial charge in [-0.15, -0.1) is 0 Å². The SMILES string of the molecule is CC[C@H](C)[C@@H]1NC(=O)[C@H](CC(C)C)N(C)C(=O)C[C@@H](C(=O)N(C)C)N(C)C(=O)[C@H](C2CCCC2)N(C)C(=O)C2(CCCC2)NC(=O)[C@H](Cc2ccccc2)N(C)C(=O)[C@H](CCc2ccc(C(F)(F)F)c(Cl)c2)NC(=O)CN(C)C(=O)[C@H](CC2CCCCC2)N(C)C(=O)[C@@H]2CCN2C(=O)[C@H](C)N(C)C1=O.